The monoisotopic (exact) mass is 424 g/mol. The molecule has 0 aliphatic carbocycles. The number of rotatable bonds is 0. The minimum Gasteiger partial charge on any atom is -0.456 e. The van der Waals surface area contributed by atoms with Gasteiger partial charge in [0, 0.05) is 19.7 Å². The molecule has 0 bridgehead atoms. The van der Waals surface area contributed by atoms with E-state index < -0.39 is 0 Å². The van der Waals surface area contributed by atoms with Gasteiger partial charge in [0.05, 0.1) is 0 Å². The van der Waals surface area contributed by atoms with Gasteiger partial charge < -0.3 is 4.42 Å². The van der Waals surface area contributed by atoms with Crippen molar-refractivity contribution in [2.24, 2.45) is 0 Å². The van der Waals surface area contributed by atoms with Crippen LogP contribution in [-0.2, 0) is 0 Å². The van der Waals surface area contributed by atoms with Crippen LogP contribution in [0.15, 0.2) is 74.0 Å². The van der Waals surface area contributed by atoms with Crippen LogP contribution in [0.3, 0.4) is 0 Å². The Bertz CT molecular complexity index is 1140. The summed E-state index contributed by atoms with van der Waals surface area (Å²) >= 11 is 7.34. The second kappa shape index (κ2) is 4.83. The summed E-state index contributed by atoms with van der Waals surface area (Å²) < 4.78 is 8.29. The lowest BCUT2D eigenvalue weighted by Gasteiger charge is -2.04. The molecule has 1 heterocycles. The highest BCUT2D eigenvalue weighted by atomic mass is 79.9. The van der Waals surface area contributed by atoms with Gasteiger partial charge in [-0.2, -0.15) is 0 Å². The lowest BCUT2D eigenvalue weighted by atomic mass is 10.00. The predicted octanol–water partition coefficient (Wildman–Crippen LogP) is 7.42. The molecule has 0 atom stereocenters. The highest BCUT2D eigenvalue weighted by molar-refractivity contribution is 9.11. The van der Waals surface area contributed by atoms with Crippen molar-refractivity contribution >= 4 is 75.3 Å². The van der Waals surface area contributed by atoms with Gasteiger partial charge in [-0.15, -0.1) is 0 Å². The Kier molecular flexibility index (Phi) is 2.85. The molecule has 1 nitrogen and oxygen atoms in total. The summed E-state index contributed by atoms with van der Waals surface area (Å²) in [5.74, 6) is 0. The smallest absolute Gasteiger partial charge is 0.137 e. The Morgan fingerprint density at radius 1 is 0.565 bits per heavy atom. The van der Waals surface area contributed by atoms with Gasteiger partial charge in [-0.05, 0) is 33.7 Å². The molecule has 0 fully saturated rings. The maximum atomic E-state index is 6.17. The van der Waals surface area contributed by atoms with Crippen LogP contribution in [0.4, 0.5) is 0 Å². The maximum absolute atomic E-state index is 6.17. The number of hydrogen-bond acceptors (Lipinski definition) is 1. The van der Waals surface area contributed by atoms with Crippen LogP contribution in [-0.4, -0.2) is 0 Å². The van der Waals surface area contributed by atoms with Crippen LogP contribution in [0.1, 0.15) is 0 Å². The fourth-order valence-corrected chi connectivity index (χ4v) is 4.52. The van der Waals surface area contributed by atoms with Crippen LogP contribution >= 0.6 is 31.9 Å². The first-order chi connectivity index (χ1) is 11.2. The number of fused-ring (bicyclic) bond motifs is 7. The summed E-state index contributed by atoms with van der Waals surface area (Å²) in [7, 11) is 0. The molecule has 0 saturated carbocycles. The van der Waals surface area contributed by atoms with Crippen molar-refractivity contribution in [1.82, 2.24) is 0 Å². The molecule has 0 N–H and O–H groups in total. The van der Waals surface area contributed by atoms with Gasteiger partial charge in [-0.3, -0.25) is 0 Å². The largest absolute Gasteiger partial charge is 0.456 e. The zero-order valence-electron chi connectivity index (χ0n) is 11.9. The number of halogens is 2. The van der Waals surface area contributed by atoms with E-state index in [1.54, 1.807) is 0 Å². The summed E-state index contributed by atoms with van der Waals surface area (Å²) in [6.45, 7) is 0. The standard InChI is InChI=1S/C20H10Br2O/c21-15-9-17-19(13-7-3-1-5-11(13)15)20-14-8-4-2-6-12(14)16(22)10-18(20)23-17/h1-10H. The van der Waals surface area contributed by atoms with Crippen molar-refractivity contribution in [2.75, 3.05) is 0 Å². The lowest BCUT2D eigenvalue weighted by molar-refractivity contribution is 0.669. The maximum Gasteiger partial charge on any atom is 0.137 e. The lowest BCUT2D eigenvalue weighted by Crippen LogP contribution is -1.79. The number of hydrogen-bond donors (Lipinski definition) is 0. The molecule has 0 saturated heterocycles. The Hall–Kier alpha value is -1.84. The molecule has 0 amide bonds. The SMILES string of the molecule is Brc1cc2oc3cc(Br)c4ccccc4c3c2c2ccccc12. The average Bonchev–Trinajstić information content (AvgIpc) is 2.93. The van der Waals surface area contributed by atoms with Gasteiger partial charge >= 0.3 is 0 Å². The first-order valence-electron chi connectivity index (χ1n) is 7.35. The third kappa shape index (κ3) is 1.84. The van der Waals surface area contributed by atoms with Crippen LogP contribution in [0, 0.1) is 0 Å². The molecule has 0 aliphatic rings. The van der Waals surface area contributed by atoms with E-state index in [1.807, 2.05) is 0 Å². The molecule has 4 aromatic carbocycles. The Morgan fingerprint density at radius 2 is 0.957 bits per heavy atom. The van der Waals surface area contributed by atoms with Gasteiger partial charge in [0.1, 0.15) is 11.2 Å². The Labute approximate surface area is 149 Å². The molecule has 23 heavy (non-hydrogen) atoms. The Balaban J connectivity index is 2.18. The summed E-state index contributed by atoms with van der Waals surface area (Å²) in [6, 6.07) is 21.0. The second-order valence-corrected chi connectivity index (χ2v) is 7.36. The zero-order chi connectivity index (χ0) is 15.6. The summed E-state index contributed by atoms with van der Waals surface area (Å²) in [4.78, 5) is 0. The normalized spacial score (nSPS) is 11.9. The van der Waals surface area contributed by atoms with Crippen molar-refractivity contribution in [3.05, 3.63) is 69.6 Å². The first-order valence-corrected chi connectivity index (χ1v) is 8.93. The molecule has 0 aliphatic heterocycles. The van der Waals surface area contributed by atoms with Crippen molar-refractivity contribution < 1.29 is 4.42 Å². The van der Waals surface area contributed by atoms with Crippen molar-refractivity contribution in [1.29, 1.82) is 0 Å². The van der Waals surface area contributed by atoms with Crippen LogP contribution < -0.4 is 0 Å². The minimum atomic E-state index is 0.911. The molecule has 5 aromatic rings. The van der Waals surface area contributed by atoms with E-state index in [0.717, 1.165) is 20.1 Å². The molecule has 0 radical (unpaired) electrons. The van der Waals surface area contributed by atoms with E-state index >= 15 is 0 Å². The zero-order valence-corrected chi connectivity index (χ0v) is 15.1. The summed E-state index contributed by atoms with van der Waals surface area (Å²) in [6.07, 6.45) is 0. The van der Waals surface area contributed by atoms with Gasteiger partial charge in [0.25, 0.3) is 0 Å². The highest BCUT2D eigenvalue weighted by Gasteiger charge is 2.16. The molecule has 5 rings (SSSR count). The molecule has 0 unspecified atom stereocenters. The first kappa shape index (κ1) is 13.6. The van der Waals surface area contributed by atoms with E-state index in [9.17, 15) is 0 Å². The van der Waals surface area contributed by atoms with Gasteiger partial charge in [0.2, 0.25) is 0 Å². The molecule has 110 valence electrons. The van der Waals surface area contributed by atoms with Gasteiger partial charge in [-0.1, -0.05) is 80.4 Å². The van der Waals surface area contributed by atoms with E-state index in [2.05, 4.69) is 92.5 Å². The van der Waals surface area contributed by atoms with E-state index in [0.29, 0.717) is 0 Å². The fourth-order valence-electron chi connectivity index (χ4n) is 3.41. The summed E-state index contributed by atoms with van der Waals surface area (Å²) in [5.41, 5.74) is 1.82. The molecule has 1 aromatic heterocycles. The molecular weight excluding hydrogens is 416 g/mol. The molecule has 3 heteroatoms. The number of furan rings is 1. The fraction of sp³-hybridized carbons (Fsp3) is 0. The predicted molar refractivity (Wildman–Crippen MR) is 104 cm³/mol. The minimum absolute atomic E-state index is 0.911. The van der Waals surface area contributed by atoms with Crippen molar-refractivity contribution in [3.8, 4) is 0 Å². The van der Waals surface area contributed by atoms with Crippen molar-refractivity contribution in [3.63, 3.8) is 0 Å². The second-order valence-electron chi connectivity index (χ2n) is 5.66. The topological polar surface area (TPSA) is 13.1 Å². The van der Waals surface area contributed by atoms with Crippen molar-refractivity contribution in [2.45, 2.75) is 0 Å². The number of benzene rings is 4. The van der Waals surface area contributed by atoms with Crippen LogP contribution in [0.25, 0.3) is 43.5 Å². The molecule has 0 spiro atoms. The van der Waals surface area contributed by atoms with E-state index in [4.69, 9.17) is 4.42 Å². The third-order valence-corrected chi connectivity index (χ3v) is 5.70. The average molecular weight is 426 g/mol. The van der Waals surface area contributed by atoms with E-state index in [1.165, 1.54) is 32.3 Å². The molecular formula is C20H10Br2O. The third-order valence-electron chi connectivity index (χ3n) is 4.39. The summed E-state index contributed by atoms with van der Waals surface area (Å²) in [5, 5.41) is 7.20. The van der Waals surface area contributed by atoms with Crippen LogP contribution in [0.5, 0.6) is 0 Å². The quantitative estimate of drug-likeness (QED) is 0.251. The van der Waals surface area contributed by atoms with Crippen LogP contribution in [0.2, 0.25) is 0 Å². The van der Waals surface area contributed by atoms with Gasteiger partial charge in [-0.25, -0.2) is 0 Å². The highest BCUT2D eigenvalue weighted by Crippen LogP contribution is 2.42. The Morgan fingerprint density at radius 3 is 1.39 bits per heavy atom. The van der Waals surface area contributed by atoms with Gasteiger partial charge in [0.15, 0.2) is 0 Å². The van der Waals surface area contributed by atoms with E-state index in [-0.39, 0.29) is 0 Å².